The van der Waals surface area contributed by atoms with Crippen LogP contribution in [0.3, 0.4) is 0 Å². The minimum atomic E-state index is -4.43. The highest BCUT2D eigenvalue weighted by Crippen LogP contribution is 2.29. The van der Waals surface area contributed by atoms with Gasteiger partial charge in [0.15, 0.2) is 11.7 Å². The summed E-state index contributed by atoms with van der Waals surface area (Å²) in [6.07, 6.45) is -2.84. The van der Waals surface area contributed by atoms with Crippen molar-refractivity contribution in [2.45, 2.75) is 25.6 Å². The first kappa shape index (κ1) is 24.4. The van der Waals surface area contributed by atoms with E-state index in [1.807, 2.05) is 0 Å². The Kier molecular flexibility index (Phi) is 10.5. The van der Waals surface area contributed by atoms with E-state index in [9.17, 15) is 17.6 Å². The highest BCUT2D eigenvalue weighted by atomic mass is 127. The molecular formula is C17H21F4IN4OS. The number of alkyl halides is 3. The Balaban J connectivity index is 0.00000392. The second kappa shape index (κ2) is 12.0. The number of nitrogens with one attached hydrogen (secondary N) is 2. The minimum Gasteiger partial charge on any atom is -0.494 e. The molecule has 0 bridgehead atoms. The maximum atomic E-state index is 12.8. The van der Waals surface area contributed by atoms with E-state index in [1.54, 1.807) is 19.2 Å². The fraction of sp³-hybridized carbons (Fsp3) is 0.412. The van der Waals surface area contributed by atoms with Crippen LogP contribution in [0, 0.1) is 5.82 Å². The van der Waals surface area contributed by atoms with Crippen LogP contribution in [-0.2, 0) is 12.7 Å². The summed E-state index contributed by atoms with van der Waals surface area (Å²) in [7, 11) is 1.58. The van der Waals surface area contributed by atoms with Gasteiger partial charge >= 0.3 is 6.18 Å². The summed E-state index contributed by atoms with van der Waals surface area (Å²) < 4.78 is 55.8. The van der Waals surface area contributed by atoms with Gasteiger partial charge in [0.1, 0.15) is 16.6 Å². The van der Waals surface area contributed by atoms with E-state index < -0.39 is 11.9 Å². The zero-order valence-corrected chi connectivity index (χ0v) is 18.2. The molecule has 0 saturated heterocycles. The predicted octanol–water partition coefficient (Wildman–Crippen LogP) is 4.44. The van der Waals surface area contributed by atoms with Gasteiger partial charge in [-0.3, -0.25) is 4.99 Å². The molecule has 2 aromatic rings. The highest BCUT2D eigenvalue weighted by Gasteiger charge is 2.33. The van der Waals surface area contributed by atoms with E-state index in [1.165, 1.54) is 12.1 Å². The van der Waals surface area contributed by atoms with E-state index in [0.717, 1.165) is 29.6 Å². The fourth-order valence-corrected chi connectivity index (χ4v) is 2.80. The molecule has 0 saturated carbocycles. The fourth-order valence-electron chi connectivity index (χ4n) is 2.06. The molecule has 1 aromatic carbocycles. The van der Waals surface area contributed by atoms with Gasteiger partial charge in [-0.15, -0.1) is 35.3 Å². The highest BCUT2D eigenvalue weighted by molar-refractivity contribution is 14.0. The van der Waals surface area contributed by atoms with Gasteiger partial charge in [0.25, 0.3) is 0 Å². The first-order valence-electron chi connectivity index (χ1n) is 8.23. The molecule has 0 aliphatic rings. The Bertz CT molecular complexity index is 738. The Morgan fingerprint density at radius 1 is 1.18 bits per heavy atom. The van der Waals surface area contributed by atoms with Gasteiger partial charge in [0, 0.05) is 19.0 Å². The molecule has 156 valence electrons. The van der Waals surface area contributed by atoms with Gasteiger partial charge in [0.05, 0.1) is 13.2 Å². The largest absolute Gasteiger partial charge is 0.494 e. The molecule has 28 heavy (non-hydrogen) atoms. The van der Waals surface area contributed by atoms with Crippen LogP contribution < -0.4 is 15.4 Å². The maximum absolute atomic E-state index is 12.8. The summed E-state index contributed by atoms with van der Waals surface area (Å²) in [4.78, 5) is 7.57. The number of aromatic nitrogens is 1. The first-order valence-corrected chi connectivity index (χ1v) is 9.11. The summed E-state index contributed by atoms with van der Waals surface area (Å²) in [5.41, 5.74) is -0.881. The lowest BCUT2D eigenvalue weighted by atomic mass is 10.3. The standard InChI is InChI=1S/C17H20F4N4OS.HI/c1-22-16(24-10-15-25-14(11-27-15)17(19,20)21)23-8-2-3-9-26-13-6-4-12(18)5-7-13;/h4-7,11H,2-3,8-10H2,1H3,(H2,22,23,24);1H. The smallest absolute Gasteiger partial charge is 0.434 e. The lowest BCUT2D eigenvalue weighted by Gasteiger charge is -2.11. The van der Waals surface area contributed by atoms with Crippen molar-refractivity contribution >= 4 is 41.3 Å². The van der Waals surface area contributed by atoms with Gasteiger partial charge in [-0.25, -0.2) is 9.37 Å². The van der Waals surface area contributed by atoms with Gasteiger partial charge in [-0.2, -0.15) is 13.2 Å². The lowest BCUT2D eigenvalue weighted by molar-refractivity contribution is -0.140. The molecule has 0 aliphatic heterocycles. The number of ether oxygens (including phenoxy) is 1. The molecule has 5 nitrogen and oxygen atoms in total. The molecule has 0 radical (unpaired) electrons. The van der Waals surface area contributed by atoms with Crippen molar-refractivity contribution in [3.63, 3.8) is 0 Å². The van der Waals surface area contributed by atoms with Gasteiger partial charge in [0.2, 0.25) is 0 Å². The lowest BCUT2D eigenvalue weighted by Crippen LogP contribution is -2.37. The van der Waals surface area contributed by atoms with Crippen LogP contribution >= 0.6 is 35.3 Å². The van der Waals surface area contributed by atoms with Gasteiger partial charge < -0.3 is 15.4 Å². The Morgan fingerprint density at radius 3 is 2.50 bits per heavy atom. The van der Waals surface area contributed by atoms with Crippen molar-refractivity contribution in [1.82, 2.24) is 15.6 Å². The predicted molar refractivity (Wildman–Crippen MR) is 112 cm³/mol. The monoisotopic (exact) mass is 532 g/mol. The summed E-state index contributed by atoms with van der Waals surface area (Å²) in [6, 6.07) is 5.82. The molecule has 0 unspecified atom stereocenters. The van der Waals surface area contributed by atoms with Crippen LogP contribution in [-0.4, -0.2) is 31.1 Å². The van der Waals surface area contributed by atoms with E-state index in [2.05, 4.69) is 20.6 Å². The summed E-state index contributed by atoms with van der Waals surface area (Å²) in [5.74, 6) is 0.791. The molecule has 0 amide bonds. The van der Waals surface area contributed by atoms with Crippen LogP contribution in [0.2, 0.25) is 0 Å². The number of halogens is 5. The number of unbranched alkanes of at least 4 members (excludes halogenated alkanes) is 1. The molecule has 1 heterocycles. The van der Waals surface area contributed by atoms with Crippen LogP contribution in [0.1, 0.15) is 23.5 Å². The zero-order chi connectivity index (χ0) is 19.7. The molecule has 0 spiro atoms. The van der Waals surface area contributed by atoms with Crippen LogP contribution in [0.5, 0.6) is 5.75 Å². The number of guanidine groups is 1. The van der Waals surface area contributed by atoms with Crippen LogP contribution in [0.15, 0.2) is 34.6 Å². The SMILES string of the molecule is CN=C(NCCCCOc1ccc(F)cc1)NCc1nc(C(F)(F)F)cs1.I. The molecule has 0 atom stereocenters. The van der Waals surface area contributed by atoms with Crippen LogP contribution in [0.25, 0.3) is 0 Å². The number of thiazole rings is 1. The average molecular weight is 532 g/mol. The Labute approximate surface area is 181 Å². The van der Waals surface area contributed by atoms with Crippen LogP contribution in [0.4, 0.5) is 17.6 Å². The van der Waals surface area contributed by atoms with E-state index >= 15 is 0 Å². The van der Waals surface area contributed by atoms with Crippen molar-refractivity contribution in [2.75, 3.05) is 20.2 Å². The first-order chi connectivity index (χ1) is 12.9. The minimum absolute atomic E-state index is 0. The summed E-state index contributed by atoms with van der Waals surface area (Å²) >= 11 is 0.946. The number of hydrogen-bond donors (Lipinski definition) is 2. The van der Waals surface area contributed by atoms with Gasteiger partial charge in [-0.05, 0) is 37.1 Å². The maximum Gasteiger partial charge on any atom is 0.434 e. The molecule has 2 rings (SSSR count). The van der Waals surface area contributed by atoms with Crippen molar-refractivity contribution in [3.8, 4) is 5.75 Å². The average Bonchev–Trinajstić information content (AvgIpc) is 3.11. The number of hydrogen-bond acceptors (Lipinski definition) is 4. The van der Waals surface area contributed by atoms with Gasteiger partial charge in [-0.1, -0.05) is 0 Å². The molecule has 2 N–H and O–H groups in total. The van der Waals surface area contributed by atoms with E-state index in [0.29, 0.717) is 29.9 Å². The second-order valence-electron chi connectivity index (χ2n) is 5.49. The molecular weight excluding hydrogens is 511 g/mol. The number of aliphatic imine (C=N–C) groups is 1. The Morgan fingerprint density at radius 2 is 1.89 bits per heavy atom. The van der Waals surface area contributed by atoms with E-state index in [-0.39, 0.29) is 36.3 Å². The number of rotatable bonds is 8. The molecule has 0 fully saturated rings. The molecule has 11 heteroatoms. The van der Waals surface area contributed by atoms with Crippen molar-refractivity contribution in [2.24, 2.45) is 4.99 Å². The zero-order valence-electron chi connectivity index (χ0n) is 15.1. The molecule has 0 aliphatic carbocycles. The quantitative estimate of drug-likeness (QED) is 0.174. The van der Waals surface area contributed by atoms with Crippen molar-refractivity contribution < 1.29 is 22.3 Å². The topological polar surface area (TPSA) is 58.5 Å². The second-order valence-corrected chi connectivity index (χ2v) is 6.43. The summed E-state index contributed by atoms with van der Waals surface area (Å²) in [6.45, 7) is 1.28. The number of nitrogens with zero attached hydrogens (tertiary/aromatic N) is 2. The normalized spacial score (nSPS) is 11.7. The number of benzene rings is 1. The molecule has 1 aromatic heterocycles. The van der Waals surface area contributed by atoms with Crippen molar-refractivity contribution in [1.29, 1.82) is 0 Å². The third kappa shape index (κ3) is 8.59. The third-order valence-corrected chi connectivity index (χ3v) is 4.27. The van der Waals surface area contributed by atoms with E-state index in [4.69, 9.17) is 4.74 Å². The third-order valence-electron chi connectivity index (χ3n) is 3.42. The van der Waals surface area contributed by atoms with Crippen molar-refractivity contribution in [3.05, 3.63) is 46.2 Å². The Hall–Kier alpha value is -1.63. The summed E-state index contributed by atoms with van der Waals surface area (Å²) in [5, 5.41) is 7.32.